The third kappa shape index (κ3) is 3.61. The Bertz CT molecular complexity index is 353. The van der Waals surface area contributed by atoms with Gasteiger partial charge in [0, 0.05) is 12.1 Å². The molecule has 0 heterocycles. The van der Waals surface area contributed by atoms with Crippen LogP contribution in [-0.4, -0.2) is 31.5 Å². The fourth-order valence-electron chi connectivity index (χ4n) is 1.47. The molecule has 0 aromatic heterocycles. The van der Waals surface area contributed by atoms with Crippen molar-refractivity contribution in [3.05, 3.63) is 23.8 Å². The van der Waals surface area contributed by atoms with E-state index in [-0.39, 0.29) is 6.10 Å². The number of aliphatic hydroxyl groups is 1. The molecule has 0 spiro atoms. The minimum atomic E-state index is -0.526. The van der Waals surface area contributed by atoms with E-state index >= 15 is 0 Å². The molecule has 1 rings (SSSR count). The van der Waals surface area contributed by atoms with Crippen LogP contribution in [0.5, 0.6) is 11.5 Å². The molecular formula is C13H21NO3. The Labute approximate surface area is 103 Å². The van der Waals surface area contributed by atoms with Crippen LogP contribution in [0, 0.1) is 0 Å². The van der Waals surface area contributed by atoms with Gasteiger partial charge in [0.15, 0.2) is 11.5 Å². The Balaban J connectivity index is 2.99. The lowest BCUT2D eigenvalue weighted by Crippen LogP contribution is -2.26. The summed E-state index contributed by atoms with van der Waals surface area (Å²) in [5.74, 6) is 1.38. The minimum Gasteiger partial charge on any atom is -0.493 e. The van der Waals surface area contributed by atoms with Crippen LogP contribution in [0.25, 0.3) is 0 Å². The summed E-state index contributed by atoms with van der Waals surface area (Å²) in [5, 5.41) is 12.6. The highest BCUT2D eigenvalue weighted by Gasteiger charge is 2.16. The molecule has 0 bridgehead atoms. The van der Waals surface area contributed by atoms with Crippen molar-refractivity contribution in [2.24, 2.45) is 0 Å². The normalized spacial score (nSPS) is 14.2. The molecule has 2 N–H and O–H groups in total. The Kier molecular flexibility index (Phi) is 5.25. The Hall–Kier alpha value is -1.26. The van der Waals surface area contributed by atoms with Crippen molar-refractivity contribution in [3.63, 3.8) is 0 Å². The van der Waals surface area contributed by atoms with Gasteiger partial charge in [-0.15, -0.1) is 0 Å². The van der Waals surface area contributed by atoms with Crippen molar-refractivity contribution in [2.75, 3.05) is 14.2 Å². The van der Waals surface area contributed by atoms with Gasteiger partial charge in [-0.25, -0.2) is 0 Å². The van der Waals surface area contributed by atoms with Crippen molar-refractivity contribution in [1.29, 1.82) is 0 Å². The summed E-state index contributed by atoms with van der Waals surface area (Å²) in [6.45, 7) is 4.23. The number of methoxy groups -OCH3 is 1. The molecule has 0 saturated heterocycles. The topological polar surface area (TPSA) is 50.7 Å². The summed E-state index contributed by atoms with van der Waals surface area (Å²) in [6.07, 6.45) is -0.802. The standard InChI is InChI=1S/C13H21NO3/c1-9(15)10(2)17-13-11(8-14-3)6-5-7-12(13)16-4/h5-7,9-10,14-15H,8H2,1-4H3. The summed E-state index contributed by atoms with van der Waals surface area (Å²) in [5.41, 5.74) is 1.01. The highest BCUT2D eigenvalue weighted by atomic mass is 16.5. The van der Waals surface area contributed by atoms with Gasteiger partial charge < -0.3 is 19.9 Å². The number of para-hydroxylation sites is 1. The number of hydrogen-bond donors (Lipinski definition) is 2. The van der Waals surface area contributed by atoms with Crippen molar-refractivity contribution in [1.82, 2.24) is 5.32 Å². The first-order valence-corrected chi connectivity index (χ1v) is 5.75. The molecule has 0 amide bonds. The van der Waals surface area contributed by atoms with Gasteiger partial charge in [0.2, 0.25) is 0 Å². The summed E-state index contributed by atoms with van der Waals surface area (Å²) in [4.78, 5) is 0. The molecule has 2 atom stereocenters. The fraction of sp³-hybridized carbons (Fsp3) is 0.538. The van der Waals surface area contributed by atoms with E-state index in [1.54, 1.807) is 14.0 Å². The van der Waals surface area contributed by atoms with Crippen LogP contribution in [-0.2, 0) is 6.54 Å². The zero-order valence-electron chi connectivity index (χ0n) is 10.9. The van der Waals surface area contributed by atoms with Crippen LogP contribution in [0.2, 0.25) is 0 Å². The van der Waals surface area contributed by atoms with Gasteiger partial charge in [0.05, 0.1) is 13.2 Å². The first kappa shape index (κ1) is 13.8. The van der Waals surface area contributed by atoms with Gasteiger partial charge >= 0.3 is 0 Å². The van der Waals surface area contributed by atoms with Crippen LogP contribution in [0.1, 0.15) is 19.4 Å². The molecule has 96 valence electrons. The summed E-state index contributed by atoms with van der Waals surface area (Å²) >= 11 is 0. The van der Waals surface area contributed by atoms with E-state index in [0.717, 1.165) is 5.56 Å². The molecule has 0 saturated carbocycles. The summed E-state index contributed by atoms with van der Waals surface area (Å²) < 4.78 is 11.0. The van der Waals surface area contributed by atoms with Crippen molar-refractivity contribution in [2.45, 2.75) is 32.6 Å². The highest BCUT2D eigenvalue weighted by Crippen LogP contribution is 2.32. The first-order valence-electron chi connectivity index (χ1n) is 5.75. The van der Waals surface area contributed by atoms with Gasteiger partial charge in [0.1, 0.15) is 6.10 Å². The van der Waals surface area contributed by atoms with Crippen molar-refractivity contribution >= 4 is 0 Å². The molecule has 4 heteroatoms. The largest absolute Gasteiger partial charge is 0.493 e. The maximum Gasteiger partial charge on any atom is 0.166 e. The van der Waals surface area contributed by atoms with Gasteiger partial charge in [-0.3, -0.25) is 0 Å². The molecule has 0 fully saturated rings. The van der Waals surface area contributed by atoms with E-state index in [0.29, 0.717) is 18.0 Å². The van der Waals surface area contributed by atoms with Crippen molar-refractivity contribution < 1.29 is 14.6 Å². The van der Waals surface area contributed by atoms with E-state index < -0.39 is 6.10 Å². The Morgan fingerprint density at radius 3 is 2.59 bits per heavy atom. The molecule has 4 nitrogen and oxygen atoms in total. The number of nitrogens with one attached hydrogen (secondary N) is 1. The first-order chi connectivity index (χ1) is 8.10. The third-order valence-corrected chi connectivity index (χ3v) is 2.63. The van der Waals surface area contributed by atoms with Gasteiger partial charge in [-0.1, -0.05) is 12.1 Å². The van der Waals surface area contributed by atoms with E-state index in [9.17, 15) is 5.11 Å². The highest BCUT2D eigenvalue weighted by molar-refractivity contribution is 5.46. The molecular weight excluding hydrogens is 218 g/mol. The molecule has 1 aromatic rings. The van der Waals surface area contributed by atoms with Gasteiger partial charge in [-0.05, 0) is 27.0 Å². The maximum atomic E-state index is 9.49. The zero-order valence-corrected chi connectivity index (χ0v) is 10.9. The number of ether oxygens (including phenoxy) is 2. The number of aliphatic hydroxyl groups excluding tert-OH is 1. The predicted octanol–water partition coefficient (Wildman–Crippen LogP) is 1.56. The predicted molar refractivity (Wildman–Crippen MR) is 67.5 cm³/mol. The smallest absolute Gasteiger partial charge is 0.166 e. The molecule has 17 heavy (non-hydrogen) atoms. The Morgan fingerprint density at radius 2 is 2.06 bits per heavy atom. The fourth-order valence-corrected chi connectivity index (χ4v) is 1.47. The summed E-state index contributed by atoms with van der Waals surface area (Å²) in [6, 6.07) is 5.75. The SMILES string of the molecule is CNCc1cccc(OC)c1OC(C)C(C)O. The van der Waals surface area contributed by atoms with Crippen molar-refractivity contribution in [3.8, 4) is 11.5 Å². The number of rotatable bonds is 6. The number of benzene rings is 1. The lowest BCUT2D eigenvalue weighted by Gasteiger charge is -2.21. The average Bonchev–Trinajstić information content (AvgIpc) is 2.31. The molecule has 0 aliphatic carbocycles. The molecule has 0 aliphatic rings. The van der Waals surface area contributed by atoms with Crippen LogP contribution < -0.4 is 14.8 Å². The molecule has 0 aliphatic heterocycles. The Morgan fingerprint density at radius 1 is 1.35 bits per heavy atom. The lowest BCUT2D eigenvalue weighted by molar-refractivity contribution is 0.0579. The van der Waals surface area contributed by atoms with E-state index in [4.69, 9.17) is 9.47 Å². The molecule has 2 unspecified atom stereocenters. The summed E-state index contributed by atoms with van der Waals surface area (Å²) in [7, 11) is 3.49. The minimum absolute atomic E-state index is 0.276. The van der Waals surface area contributed by atoms with Gasteiger partial charge in [0.25, 0.3) is 0 Å². The lowest BCUT2D eigenvalue weighted by atomic mass is 10.1. The molecule has 0 radical (unpaired) electrons. The van der Waals surface area contributed by atoms with E-state index in [2.05, 4.69) is 5.32 Å². The second-order valence-electron chi connectivity index (χ2n) is 4.04. The van der Waals surface area contributed by atoms with Crippen LogP contribution >= 0.6 is 0 Å². The molecule has 1 aromatic carbocycles. The second-order valence-corrected chi connectivity index (χ2v) is 4.04. The van der Waals surface area contributed by atoms with E-state index in [1.165, 1.54) is 0 Å². The quantitative estimate of drug-likeness (QED) is 0.791. The average molecular weight is 239 g/mol. The van der Waals surface area contributed by atoms with Gasteiger partial charge in [-0.2, -0.15) is 0 Å². The van der Waals surface area contributed by atoms with Crippen LogP contribution in [0.15, 0.2) is 18.2 Å². The monoisotopic (exact) mass is 239 g/mol. The van der Waals surface area contributed by atoms with Crippen LogP contribution in [0.4, 0.5) is 0 Å². The zero-order chi connectivity index (χ0) is 12.8. The van der Waals surface area contributed by atoms with E-state index in [1.807, 2.05) is 32.2 Å². The second kappa shape index (κ2) is 6.47. The van der Waals surface area contributed by atoms with Crippen LogP contribution in [0.3, 0.4) is 0 Å². The number of hydrogen-bond acceptors (Lipinski definition) is 4. The maximum absolute atomic E-state index is 9.49. The third-order valence-electron chi connectivity index (χ3n) is 2.63.